The van der Waals surface area contributed by atoms with E-state index in [2.05, 4.69) is 5.32 Å². The second kappa shape index (κ2) is 5.52. The maximum Gasteiger partial charge on any atom is 0.233 e. The summed E-state index contributed by atoms with van der Waals surface area (Å²) < 4.78 is 5.21. The van der Waals surface area contributed by atoms with Crippen molar-refractivity contribution in [2.45, 2.75) is 32.1 Å². The monoisotopic (exact) mass is 266 g/mol. The summed E-state index contributed by atoms with van der Waals surface area (Å²) in [5.41, 5.74) is 5.14. The molecule has 3 N–H and O–H groups in total. The van der Waals surface area contributed by atoms with Gasteiger partial charge in [0.05, 0.1) is 16.7 Å². The fourth-order valence-corrected chi connectivity index (χ4v) is 2.78. The lowest BCUT2D eigenvalue weighted by Crippen LogP contribution is -2.47. The maximum absolute atomic E-state index is 12.2. The molecule has 1 aromatic heterocycles. The topological polar surface area (TPSA) is 68.3 Å². The van der Waals surface area contributed by atoms with Crippen molar-refractivity contribution in [2.75, 3.05) is 6.54 Å². The molecule has 0 bridgehead atoms. The molecule has 18 heavy (non-hydrogen) atoms. The van der Waals surface area contributed by atoms with Crippen molar-refractivity contribution in [3.05, 3.63) is 24.2 Å². The van der Waals surface area contributed by atoms with Gasteiger partial charge >= 0.3 is 0 Å². The molecule has 5 heteroatoms. The Hall–Kier alpha value is -1.36. The van der Waals surface area contributed by atoms with E-state index in [9.17, 15) is 4.79 Å². The van der Waals surface area contributed by atoms with Crippen LogP contribution in [0.4, 0.5) is 0 Å². The Morgan fingerprint density at radius 2 is 2.22 bits per heavy atom. The van der Waals surface area contributed by atoms with E-state index in [1.165, 1.54) is 0 Å². The van der Waals surface area contributed by atoms with Crippen LogP contribution in [0.25, 0.3) is 0 Å². The predicted octanol–water partition coefficient (Wildman–Crippen LogP) is 1.78. The van der Waals surface area contributed by atoms with E-state index in [4.69, 9.17) is 22.4 Å². The second-order valence-corrected chi connectivity index (χ2v) is 5.18. The number of nitrogens with two attached hydrogens (primary N) is 1. The minimum absolute atomic E-state index is 0.0287. The van der Waals surface area contributed by atoms with Gasteiger partial charge in [0.1, 0.15) is 5.76 Å². The van der Waals surface area contributed by atoms with Gasteiger partial charge in [-0.15, -0.1) is 0 Å². The highest BCUT2D eigenvalue weighted by Gasteiger charge is 2.43. The Kier molecular flexibility index (Phi) is 4.01. The number of rotatable bonds is 5. The van der Waals surface area contributed by atoms with Gasteiger partial charge in [-0.1, -0.05) is 25.1 Å². The SMILES string of the molecule is NC(=S)C1(C(=O)NCCc2ccco2)CCCC1. The molecule has 1 aromatic rings. The smallest absolute Gasteiger partial charge is 0.233 e. The lowest BCUT2D eigenvalue weighted by molar-refractivity contribution is -0.127. The van der Waals surface area contributed by atoms with Crippen molar-refractivity contribution in [3.63, 3.8) is 0 Å². The highest BCUT2D eigenvalue weighted by molar-refractivity contribution is 7.80. The molecule has 0 radical (unpaired) electrons. The molecular formula is C13H18N2O2S. The zero-order valence-corrected chi connectivity index (χ0v) is 11.1. The van der Waals surface area contributed by atoms with Gasteiger partial charge < -0.3 is 15.5 Å². The molecule has 0 aliphatic heterocycles. The highest BCUT2D eigenvalue weighted by atomic mass is 32.1. The minimum Gasteiger partial charge on any atom is -0.469 e. The summed E-state index contributed by atoms with van der Waals surface area (Å²) in [5, 5.41) is 2.92. The molecule has 1 saturated carbocycles. The summed E-state index contributed by atoms with van der Waals surface area (Å²) in [7, 11) is 0. The Balaban J connectivity index is 1.88. The molecule has 0 atom stereocenters. The van der Waals surface area contributed by atoms with Gasteiger partial charge in [0, 0.05) is 13.0 Å². The molecule has 0 aromatic carbocycles. The third-order valence-electron chi connectivity index (χ3n) is 3.60. The maximum atomic E-state index is 12.2. The van der Waals surface area contributed by atoms with Crippen molar-refractivity contribution < 1.29 is 9.21 Å². The predicted molar refractivity (Wildman–Crippen MR) is 73.1 cm³/mol. The average Bonchev–Trinajstić information content (AvgIpc) is 3.00. The number of carbonyl (C=O) groups is 1. The minimum atomic E-state index is -0.613. The Labute approximate surface area is 112 Å². The molecule has 0 saturated heterocycles. The lowest BCUT2D eigenvalue weighted by atomic mass is 9.85. The molecular weight excluding hydrogens is 248 g/mol. The van der Waals surface area contributed by atoms with E-state index in [0.29, 0.717) is 18.0 Å². The summed E-state index contributed by atoms with van der Waals surface area (Å²) in [4.78, 5) is 12.6. The van der Waals surface area contributed by atoms with Crippen LogP contribution < -0.4 is 11.1 Å². The average molecular weight is 266 g/mol. The van der Waals surface area contributed by atoms with Crippen LogP contribution in [0.15, 0.2) is 22.8 Å². The fraction of sp³-hybridized carbons (Fsp3) is 0.538. The summed E-state index contributed by atoms with van der Waals surface area (Å²) >= 11 is 5.07. The Bertz CT molecular complexity index is 422. The molecule has 0 unspecified atom stereocenters. The van der Waals surface area contributed by atoms with Crippen LogP contribution in [-0.2, 0) is 11.2 Å². The number of thiocarbonyl (C=S) groups is 1. The molecule has 1 aliphatic rings. The van der Waals surface area contributed by atoms with Gasteiger partial charge in [-0.2, -0.15) is 0 Å². The quantitative estimate of drug-likeness (QED) is 0.797. The number of hydrogen-bond acceptors (Lipinski definition) is 3. The van der Waals surface area contributed by atoms with Gasteiger partial charge in [0.15, 0.2) is 0 Å². The van der Waals surface area contributed by atoms with E-state index in [1.807, 2.05) is 12.1 Å². The Morgan fingerprint density at radius 1 is 1.50 bits per heavy atom. The summed E-state index contributed by atoms with van der Waals surface area (Å²) in [5.74, 6) is 0.838. The number of hydrogen-bond donors (Lipinski definition) is 2. The van der Waals surface area contributed by atoms with Crippen LogP contribution in [0.3, 0.4) is 0 Å². The first-order chi connectivity index (χ1) is 8.65. The lowest BCUT2D eigenvalue weighted by Gasteiger charge is -2.26. The summed E-state index contributed by atoms with van der Waals surface area (Å²) in [6.07, 6.45) is 5.90. The Morgan fingerprint density at radius 3 is 2.78 bits per heavy atom. The first-order valence-corrected chi connectivity index (χ1v) is 6.66. The fourth-order valence-electron chi connectivity index (χ4n) is 2.49. The van der Waals surface area contributed by atoms with Gasteiger partial charge in [0.25, 0.3) is 0 Å². The molecule has 2 rings (SSSR count). The van der Waals surface area contributed by atoms with Crippen LogP contribution in [0.2, 0.25) is 0 Å². The zero-order chi connectivity index (χ0) is 13.0. The molecule has 4 nitrogen and oxygen atoms in total. The van der Waals surface area contributed by atoms with Crippen LogP contribution in [0.1, 0.15) is 31.4 Å². The molecule has 98 valence electrons. The third kappa shape index (κ3) is 2.56. The van der Waals surface area contributed by atoms with Gasteiger partial charge in [-0.25, -0.2) is 0 Å². The van der Waals surface area contributed by atoms with E-state index in [1.54, 1.807) is 6.26 Å². The first kappa shape index (κ1) is 13.1. The van der Waals surface area contributed by atoms with E-state index < -0.39 is 5.41 Å². The van der Waals surface area contributed by atoms with Crippen LogP contribution in [0, 0.1) is 5.41 Å². The second-order valence-electron chi connectivity index (χ2n) is 4.74. The van der Waals surface area contributed by atoms with E-state index >= 15 is 0 Å². The normalized spacial score (nSPS) is 17.6. The van der Waals surface area contributed by atoms with Crippen molar-refractivity contribution in [2.24, 2.45) is 11.1 Å². The van der Waals surface area contributed by atoms with Gasteiger partial charge in [-0.05, 0) is 25.0 Å². The molecule has 1 amide bonds. The number of furan rings is 1. The van der Waals surface area contributed by atoms with Crippen LogP contribution in [0.5, 0.6) is 0 Å². The van der Waals surface area contributed by atoms with Crippen LogP contribution in [-0.4, -0.2) is 17.4 Å². The number of amides is 1. The van der Waals surface area contributed by atoms with E-state index in [0.717, 1.165) is 31.4 Å². The molecule has 0 spiro atoms. The number of carbonyl (C=O) groups excluding carboxylic acids is 1. The van der Waals surface area contributed by atoms with Crippen molar-refractivity contribution in [1.82, 2.24) is 5.32 Å². The van der Waals surface area contributed by atoms with Crippen molar-refractivity contribution in [3.8, 4) is 0 Å². The zero-order valence-electron chi connectivity index (χ0n) is 10.3. The highest BCUT2D eigenvalue weighted by Crippen LogP contribution is 2.38. The standard InChI is InChI=1S/C13H18N2O2S/c14-11(18)13(6-1-2-7-13)12(16)15-8-5-10-4-3-9-17-10/h3-4,9H,1-2,5-8H2,(H2,14,18)(H,15,16). The van der Waals surface area contributed by atoms with Crippen LogP contribution >= 0.6 is 12.2 Å². The third-order valence-corrected chi connectivity index (χ3v) is 3.99. The van der Waals surface area contributed by atoms with Crippen molar-refractivity contribution in [1.29, 1.82) is 0 Å². The van der Waals surface area contributed by atoms with E-state index in [-0.39, 0.29) is 5.91 Å². The summed E-state index contributed by atoms with van der Waals surface area (Å²) in [6, 6.07) is 3.73. The van der Waals surface area contributed by atoms with Gasteiger partial charge in [-0.3, -0.25) is 4.79 Å². The molecule has 1 heterocycles. The van der Waals surface area contributed by atoms with Crippen molar-refractivity contribution >= 4 is 23.1 Å². The largest absolute Gasteiger partial charge is 0.469 e. The first-order valence-electron chi connectivity index (χ1n) is 6.26. The molecule has 1 aliphatic carbocycles. The van der Waals surface area contributed by atoms with Gasteiger partial charge in [0.2, 0.25) is 5.91 Å². The summed E-state index contributed by atoms with van der Waals surface area (Å²) in [6.45, 7) is 0.552. The molecule has 1 fully saturated rings. The number of nitrogens with one attached hydrogen (secondary N) is 1.